The van der Waals surface area contributed by atoms with Gasteiger partial charge in [-0.05, 0) is 17.7 Å². The molecule has 0 aromatic heterocycles. The summed E-state index contributed by atoms with van der Waals surface area (Å²) in [6.45, 7) is 0.434. The third kappa shape index (κ3) is 1.19. The van der Waals surface area contributed by atoms with E-state index in [1.54, 1.807) is 0 Å². The van der Waals surface area contributed by atoms with Crippen molar-refractivity contribution in [3.8, 4) is 0 Å². The van der Waals surface area contributed by atoms with Gasteiger partial charge in [-0.25, -0.2) is 9.18 Å². The van der Waals surface area contributed by atoms with Gasteiger partial charge in [0.15, 0.2) is 5.60 Å². The summed E-state index contributed by atoms with van der Waals surface area (Å²) in [5.74, 6) is -1.40. The van der Waals surface area contributed by atoms with Crippen molar-refractivity contribution >= 4 is 5.97 Å². The van der Waals surface area contributed by atoms with Gasteiger partial charge in [0.25, 0.3) is 0 Å². The summed E-state index contributed by atoms with van der Waals surface area (Å²) in [5, 5.41) is 8.99. The van der Waals surface area contributed by atoms with Gasteiger partial charge in [-0.15, -0.1) is 0 Å². The van der Waals surface area contributed by atoms with Crippen molar-refractivity contribution in [3.63, 3.8) is 0 Å². The molecule has 1 N–H and O–H groups in total. The van der Waals surface area contributed by atoms with E-state index in [1.807, 2.05) is 0 Å². The monoisotopic (exact) mass is 196 g/mol. The molecule has 2 rings (SSSR count). The molecule has 4 heteroatoms. The quantitative estimate of drug-likeness (QED) is 0.780. The molecule has 1 atom stereocenters. The fourth-order valence-electron chi connectivity index (χ4n) is 1.55. The third-order valence-electron chi connectivity index (χ3n) is 2.46. The lowest BCUT2D eigenvalue weighted by Gasteiger charge is -2.38. The van der Waals surface area contributed by atoms with Crippen LogP contribution in [0.5, 0.6) is 0 Å². The summed E-state index contributed by atoms with van der Waals surface area (Å²) < 4.78 is 17.7. The molecule has 1 aromatic carbocycles. The van der Waals surface area contributed by atoms with Crippen LogP contribution in [0.3, 0.4) is 0 Å². The Morgan fingerprint density at radius 3 is 2.36 bits per heavy atom. The maximum Gasteiger partial charge on any atom is 0.340 e. The van der Waals surface area contributed by atoms with Crippen LogP contribution in [-0.2, 0) is 15.1 Å². The predicted octanol–water partition coefficient (Wildman–Crippen LogP) is 1.53. The Kier molecular flexibility index (Phi) is 2.00. The molecule has 0 saturated carbocycles. The van der Waals surface area contributed by atoms with Crippen LogP contribution in [0.15, 0.2) is 24.3 Å². The Hall–Kier alpha value is -1.42. The van der Waals surface area contributed by atoms with E-state index in [-0.39, 0.29) is 5.82 Å². The lowest BCUT2D eigenvalue weighted by atomic mass is 9.86. The van der Waals surface area contributed by atoms with Crippen molar-refractivity contribution in [1.29, 1.82) is 0 Å². The number of ether oxygens (including phenoxy) is 1. The van der Waals surface area contributed by atoms with Crippen molar-refractivity contribution in [1.82, 2.24) is 0 Å². The highest BCUT2D eigenvalue weighted by Gasteiger charge is 2.47. The van der Waals surface area contributed by atoms with Gasteiger partial charge < -0.3 is 9.84 Å². The number of carbonyl (C=O) groups is 1. The minimum Gasteiger partial charge on any atom is -0.479 e. The van der Waals surface area contributed by atoms with E-state index in [9.17, 15) is 9.18 Å². The largest absolute Gasteiger partial charge is 0.479 e. The Morgan fingerprint density at radius 1 is 1.43 bits per heavy atom. The molecule has 1 fully saturated rings. The van der Waals surface area contributed by atoms with Crippen LogP contribution >= 0.6 is 0 Å². The number of aliphatic carboxylic acids is 1. The zero-order valence-electron chi connectivity index (χ0n) is 7.37. The molecule has 0 aliphatic carbocycles. The van der Waals surface area contributed by atoms with Gasteiger partial charge in [-0.3, -0.25) is 0 Å². The summed E-state index contributed by atoms with van der Waals surface area (Å²) in [6, 6.07) is 5.37. The van der Waals surface area contributed by atoms with E-state index in [4.69, 9.17) is 9.84 Å². The van der Waals surface area contributed by atoms with Crippen LogP contribution in [0.2, 0.25) is 0 Å². The van der Waals surface area contributed by atoms with Crippen molar-refractivity contribution in [2.45, 2.75) is 12.0 Å². The minimum atomic E-state index is -1.24. The normalized spacial score (nSPS) is 25.5. The fourth-order valence-corrected chi connectivity index (χ4v) is 1.55. The van der Waals surface area contributed by atoms with E-state index < -0.39 is 11.6 Å². The van der Waals surface area contributed by atoms with Gasteiger partial charge in [0.1, 0.15) is 5.82 Å². The number of carboxylic acids is 1. The van der Waals surface area contributed by atoms with Crippen molar-refractivity contribution in [2.24, 2.45) is 0 Å². The van der Waals surface area contributed by atoms with E-state index in [1.165, 1.54) is 24.3 Å². The Morgan fingerprint density at radius 2 is 2.00 bits per heavy atom. The summed E-state index contributed by atoms with van der Waals surface area (Å²) >= 11 is 0. The summed E-state index contributed by atoms with van der Waals surface area (Å²) in [7, 11) is 0. The average Bonchev–Trinajstić information content (AvgIpc) is 2.05. The van der Waals surface area contributed by atoms with E-state index >= 15 is 0 Å². The Balaban J connectivity index is 2.37. The highest BCUT2D eigenvalue weighted by molar-refractivity contribution is 5.80. The summed E-state index contributed by atoms with van der Waals surface area (Å²) in [5.41, 5.74) is -0.745. The molecule has 1 heterocycles. The second kappa shape index (κ2) is 3.06. The zero-order chi connectivity index (χ0) is 10.2. The van der Waals surface area contributed by atoms with Crippen molar-refractivity contribution < 1.29 is 19.0 Å². The van der Waals surface area contributed by atoms with Crippen LogP contribution < -0.4 is 0 Å². The van der Waals surface area contributed by atoms with Crippen LogP contribution in [0, 0.1) is 5.82 Å². The maximum atomic E-state index is 12.6. The van der Waals surface area contributed by atoms with Crippen molar-refractivity contribution in [3.05, 3.63) is 35.6 Å². The average molecular weight is 196 g/mol. The van der Waals surface area contributed by atoms with Gasteiger partial charge >= 0.3 is 5.97 Å². The molecule has 1 saturated heterocycles. The van der Waals surface area contributed by atoms with Gasteiger partial charge in [0.05, 0.1) is 6.61 Å². The fraction of sp³-hybridized carbons (Fsp3) is 0.300. The van der Waals surface area contributed by atoms with E-state index in [0.717, 1.165) is 0 Å². The highest BCUT2D eigenvalue weighted by atomic mass is 19.1. The Labute approximate surface area is 80.1 Å². The molecular weight excluding hydrogens is 187 g/mol. The second-order valence-corrected chi connectivity index (χ2v) is 3.24. The number of halogens is 1. The lowest BCUT2D eigenvalue weighted by molar-refractivity contribution is -0.197. The SMILES string of the molecule is O=C(O)C1(c2ccc(F)cc2)CCO1. The molecule has 0 amide bonds. The molecule has 0 spiro atoms. The first kappa shape index (κ1) is 9.15. The van der Waals surface area contributed by atoms with Crippen LogP contribution in [0.25, 0.3) is 0 Å². The number of benzene rings is 1. The van der Waals surface area contributed by atoms with Gasteiger partial charge in [-0.2, -0.15) is 0 Å². The first-order valence-corrected chi connectivity index (χ1v) is 4.28. The molecule has 1 unspecified atom stereocenters. The second-order valence-electron chi connectivity index (χ2n) is 3.24. The van der Waals surface area contributed by atoms with E-state index in [0.29, 0.717) is 18.6 Å². The smallest absolute Gasteiger partial charge is 0.340 e. The molecule has 1 aliphatic rings. The lowest BCUT2D eigenvalue weighted by Crippen LogP contribution is -2.47. The van der Waals surface area contributed by atoms with Crippen LogP contribution in [0.1, 0.15) is 12.0 Å². The van der Waals surface area contributed by atoms with Crippen LogP contribution in [0.4, 0.5) is 4.39 Å². The first-order valence-electron chi connectivity index (χ1n) is 4.28. The molecule has 1 aliphatic heterocycles. The predicted molar refractivity (Wildman–Crippen MR) is 46.3 cm³/mol. The molecule has 3 nitrogen and oxygen atoms in total. The number of hydrogen-bond acceptors (Lipinski definition) is 2. The molecule has 74 valence electrons. The summed E-state index contributed by atoms with van der Waals surface area (Å²) in [4.78, 5) is 11.0. The third-order valence-corrected chi connectivity index (χ3v) is 2.46. The molecule has 0 radical (unpaired) electrons. The maximum absolute atomic E-state index is 12.6. The molecule has 1 aromatic rings. The van der Waals surface area contributed by atoms with Gasteiger partial charge in [0, 0.05) is 6.42 Å². The van der Waals surface area contributed by atoms with Crippen molar-refractivity contribution in [2.75, 3.05) is 6.61 Å². The van der Waals surface area contributed by atoms with Crippen LogP contribution in [-0.4, -0.2) is 17.7 Å². The van der Waals surface area contributed by atoms with Gasteiger partial charge in [0.2, 0.25) is 0 Å². The topological polar surface area (TPSA) is 46.5 Å². The highest BCUT2D eigenvalue weighted by Crippen LogP contribution is 2.37. The Bertz CT molecular complexity index is 354. The zero-order valence-corrected chi connectivity index (χ0v) is 7.37. The molecule has 14 heavy (non-hydrogen) atoms. The molecular formula is C10H9FO3. The molecule has 0 bridgehead atoms. The number of hydrogen-bond donors (Lipinski definition) is 1. The first-order chi connectivity index (χ1) is 6.65. The summed E-state index contributed by atoms with van der Waals surface area (Å²) in [6.07, 6.45) is 0.438. The van der Waals surface area contributed by atoms with E-state index in [2.05, 4.69) is 0 Å². The standard InChI is InChI=1S/C10H9FO3/c11-8-3-1-7(2-4-8)10(9(12)13)5-6-14-10/h1-4H,5-6H2,(H,12,13). The van der Waals surface area contributed by atoms with Gasteiger partial charge in [-0.1, -0.05) is 12.1 Å². The number of carboxylic acid groups (broad SMARTS) is 1. The number of rotatable bonds is 2. The minimum absolute atomic E-state index is 0.381.